The standard InChI is InChI=1S/C17H17N5O2/c1-12-9-10-22(21-12)15-6-4-3-5-13(15)11-18-16-8-7-14(19-20-16)17(23)24-2/h3-10H,11H2,1-2H3,(H,18,20). The van der Waals surface area contributed by atoms with E-state index in [1.54, 1.807) is 12.1 Å². The lowest BCUT2D eigenvalue weighted by Crippen LogP contribution is -2.09. The van der Waals surface area contributed by atoms with Crippen molar-refractivity contribution in [3.63, 3.8) is 0 Å². The number of nitrogens with one attached hydrogen (secondary N) is 1. The number of methoxy groups -OCH3 is 1. The maximum atomic E-state index is 11.4. The van der Waals surface area contributed by atoms with Crippen LogP contribution in [0.2, 0.25) is 0 Å². The number of para-hydroxylation sites is 1. The van der Waals surface area contributed by atoms with E-state index in [4.69, 9.17) is 0 Å². The Morgan fingerprint density at radius 2 is 2.00 bits per heavy atom. The van der Waals surface area contributed by atoms with Crippen molar-refractivity contribution in [3.8, 4) is 5.69 Å². The maximum absolute atomic E-state index is 11.4. The number of aromatic nitrogens is 4. The van der Waals surface area contributed by atoms with E-state index in [1.807, 2.05) is 48.1 Å². The zero-order chi connectivity index (χ0) is 16.9. The average molecular weight is 323 g/mol. The third-order valence-corrected chi connectivity index (χ3v) is 3.48. The molecule has 3 aromatic rings. The molecule has 7 heteroatoms. The lowest BCUT2D eigenvalue weighted by Gasteiger charge is -2.11. The number of nitrogens with zero attached hydrogens (tertiary/aromatic N) is 4. The van der Waals surface area contributed by atoms with Gasteiger partial charge in [-0.05, 0) is 36.8 Å². The molecule has 122 valence electrons. The van der Waals surface area contributed by atoms with Gasteiger partial charge in [0.15, 0.2) is 5.69 Å². The van der Waals surface area contributed by atoms with Gasteiger partial charge >= 0.3 is 5.97 Å². The molecule has 1 N–H and O–H groups in total. The average Bonchev–Trinajstić information content (AvgIpc) is 3.06. The number of carbonyl (C=O) groups is 1. The fourth-order valence-corrected chi connectivity index (χ4v) is 2.26. The molecule has 0 fully saturated rings. The van der Waals surface area contributed by atoms with E-state index >= 15 is 0 Å². The van der Waals surface area contributed by atoms with E-state index in [2.05, 4.69) is 25.3 Å². The Kier molecular flexibility index (Phi) is 4.51. The van der Waals surface area contributed by atoms with Crippen LogP contribution in [0.4, 0.5) is 5.82 Å². The molecule has 0 bridgehead atoms. The Morgan fingerprint density at radius 3 is 2.67 bits per heavy atom. The van der Waals surface area contributed by atoms with Crippen LogP contribution in [0, 0.1) is 6.92 Å². The zero-order valence-electron chi connectivity index (χ0n) is 13.4. The molecule has 2 aromatic heterocycles. The molecule has 0 aliphatic heterocycles. The third-order valence-electron chi connectivity index (χ3n) is 3.48. The monoisotopic (exact) mass is 323 g/mol. The van der Waals surface area contributed by atoms with Crippen molar-refractivity contribution < 1.29 is 9.53 Å². The second kappa shape index (κ2) is 6.91. The van der Waals surface area contributed by atoms with Crippen molar-refractivity contribution >= 4 is 11.8 Å². The SMILES string of the molecule is COC(=O)c1ccc(NCc2ccccc2-n2ccc(C)n2)nn1. The highest BCUT2D eigenvalue weighted by molar-refractivity contribution is 5.86. The van der Waals surface area contributed by atoms with Gasteiger partial charge in [0.25, 0.3) is 0 Å². The van der Waals surface area contributed by atoms with Gasteiger partial charge in [-0.25, -0.2) is 9.48 Å². The highest BCUT2D eigenvalue weighted by atomic mass is 16.5. The number of rotatable bonds is 5. The molecule has 0 radical (unpaired) electrons. The molecule has 7 nitrogen and oxygen atoms in total. The minimum Gasteiger partial charge on any atom is -0.464 e. The molecular weight excluding hydrogens is 306 g/mol. The smallest absolute Gasteiger partial charge is 0.358 e. The van der Waals surface area contributed by atoms with Crippen molar-refractivity contribution in [1.82, 2.24) is 20.0 Å². The number of benzene rings is 1. The predicted octanol–water partition coefficient (Wildman–Crippen LogP) is 2.37. The van der Waals surface area contributed by atoms with Crippen LogP contribution >= 0.6 is 0 Å². The predicted molar refractivity (Wildman–Crippen MR) is 89.0 cm³/mol. The second-order valence-electron chi connectivity index (χ2n) is 5.18. The minimum atomic E-state index is -0.506. The number of ether oxygens (including phenoxy) is 1. The van der Waals surface area contributed by atoms with Crippen LogP contribution in [0.15, 0.2) is 48.7 Å². The number of esters is 1. The van der Waals surface area contributed by atoms with E-state index in [0.717, 1.165) is 16.9 Å². The van der Waals surface area contributed by atoms with Crippen LogP contribution in [0.25, 0.3) is 5.69 Å². The van der Waals surface area contributed by atoms with Crippen LogP contribution in [0.1, 0.15) is 21.7 Å². The first kappa shape index (κ1) is 15.7. The summed E-state index contributed by atoms with van der Waals surface area (Å²) in [5.41, 5.74) is 3.20. The lowest BCUT2D eigenvalue weighted by atomic mass is 10.2. The molecule has 0 aliphatic rings. The first-order valence-corrected chi connectivity index (χ1v) is 7.44. The van der Waals surface area contributed by atoms with E-state index in [-0.39, 0.29) is 5.69 Å². The molecule has 0 aliphatic carbocycles. The summed E-state index contributed by atoms with van der Waals surface area (Å²) in [6, 6.07) is 13.2. The van der Waals surface area contributed by atoms with Gasteiger partial charge in [0.2, 0.25) is 0 Å². The Labute approximate surface area is 139 Å². The maximum Gasteiger partial charge on any atom is 0.358 e. The van der Waals surface area contributed by atoms with Gasteiger partial charge < -0.3 is 10.1 Å². The zero-order valence-corrected chi connectivity index (χ0v) is 13.4. The van der Waals surface area contributed by atoms with Crippen LogP contribution in [-0.4, -0.2) is 33.1 Å². The molecule has 0 unspecified atom stereocenters. The normalized spacial score (nSPS) is 10.4. The van der Waals surface area contributed by atoms with Crippen LogP contribution in [0.5, 0.6) is 0 Å². The summed E-state index contributed by atoms with van der Waals surface area (Å²) in [6.07, 6.45) is 1.93. The molecule has 2 heterocycles. The van der Waals surface area contributed by atoms with Gasteiger partial charge in [-0.15, -0.1) is 10.2 Å². The first-order valence-electron chi connectivity index (χ1n) is 7.44. The third kappa shape index (κ3) is 3.40. The Bertz CT molecular complexity index is 842. The van der Waals surface area contributed by atoms with E-state index in [1.165, 1.54) is 7.11 Å². The van der Waals surface area contributed by atoms with Gasteiger partial charge in [-0.3, -0.25) is 0 Å². The molecule has 0 saturated heterocycles. The fourth-order valence-electron chi connectivity index (χ4n) is 2.26. The first-order chi connectivity index (χ1) is 11.7. The Balaban J connectivity index is 1.74. The van der Waals surface area contributed by atoms with Crippen LogP contribution in [-0.2, 0) is 11.3 Å². The molecular formula is C17H17N5O2. The van der Waals surface area contributed by atoms with Gasteiger partial charge in [0, 0.05) is 12.7 Å². The van der Waals surface area contributed by atoms with Crippen molar-refractivity contribution in [2.45, 2.75) is 13.5 Å². The second-order valence-corrected chi connectivity index (χ2v) is 5.18. The van der Waals surface area contributed by atoms with Gasteiger partial charge in [-0.2, -0.15) is 5.10 Å². The molecule has 0 atom stereocenters. The number of anilines is 1. The number of hydrogen-bond acceptors (Lipinski definition) is 6. The quantitative estimate of drug-likeness (QED) is 0.726. The van der Waals surface area contributed by atoms with Crippen LogP contribution < -0.4 is 5.32 Å². The van der Waals surface area contributed by atoms with Crippen molar-refractivity contribution in [2.75, 3.05) is 12.4 Å². The Hall–Kier alpha value is -3.22. The summed E-state index contributed by atoms with van der Waals surface area (Å²) in [4.78, 5) is 11.4. The molecule has 1 aromatic carbocycles. The summed E-state index contributed by atoms with van der Waals surface area (Å²) in [6.45, 7) is 2.51. The largest absolute Gasteiger partial charge is 0.464 e. The Morgan fingerprint density at radius 1 is 1.17 bits per heavy atom. The van der Waals surface area contributed by atoms with E-state index < -0.39 is 5.97 Å². The van der Waals surface area contributed by atoms with Gasteiger partial charge in [-0.1, -0.05) is 18.2 Å². The van der Waals surface area contributed by atoms with E-state index in [9.17, 15) is 4.79 Å². The summed E-state index contributed by atoms with van der Waals surface area (Å²) in [5, 5.41) is 15.5. The summed E-state index contributed by atoms with van der Waals surface area (Å²) in [7, 11) is 1.31. The summed E-state index contributed by atoms with van der Waals surface area (Å²) >= 11 is 0. The van der Waals surface area contributed by atoms with Crippen LogP contribution in [0.3, 0.4) is 0 Å². The topological polar surface area (TPSA) is 81.9 Å². The van der Waals surface area contributed by atoms with Gasteiger partial charge in [0.1, 0.15) is 5.82 Å². The summed E-state index contributed by atoms with van der Waals surface area (Å²) < 4.78 is 6.45. The molecule has 3 rings (SSSR count). The molecule has 24 heavy (non-hydrogen) atoms. The molecule has 0 amide bonds. The number of hydrogen-bond donors (Lipinski definition) is 1. The highest BCUT2D eigenvalue weighted by Gasteiger charge is 2.09. The molecule has 0 spiro atoms. The van der Waals surface area contributed by atoms with Crippen molar-refractivity contribution in [2.24, 2.45) is 0 Å². The van der Waals surface area contributed by atoms with E-state index in [0.29, 0.717) is 12.4 Å². The highest BCUT2D eigenvalue weighted by Crippen LogP contribution is 2.15. The lowest BCUT2D eigenvalue weighted by molar-refractivity contribution is 0.0593. The van der Waals surface area contributed by atoms with Crippen molar-refractivity contribution in [3.05, 3.63) is 65.6 Å². The minimum absolute atomic E-state index is 0.176. The van der Waals surface area contributed by atoms with Gasteiger partial charge in [0.05, 0.1) is 18.5 Å². The number of aryl methyl sites for hydroxylation is 1. The van der Waals surface area contributed by atoms with Crippen molar-refractivity contribution in [1.29, 1.82) is 0 Å². The fraction of sp³-hybridized carbons (Fsp3) is 0.176. The summed E-state index contributed by atoms with van der Waals surface area (Å²) in [5.74, 6) is 0.0718. The number of carbonyl (C=O) groups excluding carboxylic acids is 1. The molecule has 0 saturated carbocycles.